The first-order valence-corrected chi connectivity index (χ1v) is 9.30. The molecule has 1 aromatic heterocycles. The van der Waals surface area contributed by atoms with Gasteiger partial charge in [0.15, 0.2) is 5.03 Å². The lowest BCUT2D eigenvalue weighted by Crippen LogP contribution is -2.26. The summed E-state index contributed by atoms with van der Waals surface area (Å²) in [4.78, 5) is 28.6. The quantitative estimate of drug-likeness (QED) is 0.665. The monoisotopic (exact) mass is 383 g/mol. The maximum atomic E-state index is 13.4. The first kappa shape index (κ1) is 18.8. The summed E-state index contributed by atoms with van der Waals surface area (Å²) < 4.78 is 14.7. The summed E-state index contributed by atoms with van der Waals surface area (Å²) in [6.45, 7) is 2.43. The van der Waals surface area contributed by atoms with Crippen molar-refractivity contribution in [1.82, 2.24) is 14.9 Å². The molecule has 0 fully saturated rings. The third kappa shape index (κ3) is 5.04. The van der Waals surface area contributed by atoms with E-state index in [9.17, 15) is 14.0 Å². The normalized spacial score (nSPS) is 10.6. The Balaban J connectivity index is 1.62. The van der Waals surface area contributed by atoms with Crippen molar-refractivity contribution in [2.24, 2.45) is 0 Å². The molecule has 1 amide bonds. The minimum Gasteiger partial charge on any atom is -0.351 e. The van der Waals surface area contributed by atoms with Crippen LogP contribution in [0, 0.1) is 12.7 Å². The van der Waals surface area contributed by atoms with Gasteiger partial charge in [-0.15, -0.1) is 0 Å². The smallest absolute Gasteiger partial charge is 0.287 e. The van der Waals surface area contributed by atoms with Crippen molar-refractivity contribution in [1.29, 1.82) is 0 Å². The standard InChI is InChI=1S/C20H18FN3O2S/c1-14-5-7-15(8-6-14)12-23-18(25)13-27-19-20(26)24(10-9-22-19)17-4-2-3-16(21)11-17/h2-11H,12-13H2,1H3,(H,23,25). The third-order valence-electron chi connectivity index (χ3n) is 3.85. The van der Waals surface area contributed by atoms with Crippen molar-refractivity contribution in [3.05, 3.63) is 88.2 Å². The highest BCUT2D eigenvalue weighted by atomic mass is 32.2. The van der Waals surface area contributed by atoms with E-state index in [1.165, 1.54) is 35.2 Å². The van der Waals surface area contributed by atoms with Crippen LogP contribution >= 0.6 is 11.8 Å². The molecule has 0 unspecified atom stereocenters. The van der Waals surface area contributed by atoms with Gasteiger partial charge in [-0.05, 0) is 30.7 Å². The number of amides is 1. The molecule has 138 valence electrons. The first-order valence-electron chi connectivity index (χ1n) is 8.31. The van der Waals surface area contributed by atoms with Gasteiger partial charge in [0.1, 0.15) is 5.82 Å². The van der Waals surface area contributed by atoms with Gasteiger partial charge in [0.05, 0.1) is 11.4 Å². The lowest BCUT2D eigenvalue weighted by Gasteiger charge is -2.08. The van der Waals surface area contributed by atoms with Crippen molar-refractivity contribution in [2.45, 2.75) is 18.5 Å². The molecule has 7 heteroatoms. The van der Waals surface area contributed by atoms with Crippen LogP contribution in [0.2, 0.25) is 0 Å². The molecule has 0 aliphatic heterocycles. The second-order valence-corrected chi connectivity index (χ2v) is 6.90. The minimum atomic E-state index is -0.430. The number of benzene rings is 2. The predicted octanol–water partition coefficient (Wildman–Crippen LogP) is 3.09. The Morgan fingerprint density at radius 1 is 1.22 bits per heavy atom. The van der Waals surface area contributed by atoms with Crippen LogP contribution in [0.4, 0.5) is 4.39 Å². The number of nitrogens with one attached hydrogen (secondary N) is 1. The Hall–Kier alpha value is -2.93. The SMILES string of the molecule is Cc1ccc(CNC(=O)CSc2nccn(-c3cccc(F)c3)c2=O)cc1. The molecule has 0 atom stereocenters. The summed E-state index contributed by atoms with van der Waals surface area (Å²) in [6.07, 6.45) is 2.93. The predicted molar refractivity (Wildman–Crippen MR) is 104 cm³/mol. The molecule has 0 saturated carbocycles. The summed E-state index contributed by atoms with van der Waals surface area (Å²) in [6, 6.07) is 13.6. The van der Waals surface area contributed by atoms with Gasteiger partial charge in [-0.25, -0.2) is 9.37 Å². The first-order chi connectivity index (χ1) is 13.0. The lowest BCUT2D eigenvalue weighted by molar-refractivity contribution is -0.118. The number of nitrogens with zero attached hydrogens (tertiary/aromatic N) is 2. The van der Waals surface area contributed by atoms with E-state index < -0.39 is 5.82 Å². The number of carbonyl (C=O) groups is 1. The summed E-state index contributed by atoms with van der Waals surface area (Å²) in [5.41, 5.74) is 2.18. The highest BCUT2D eigenvalue weighted by Crippen LogP contribution is 2.12. The van der Waals surface area contributed by atoms with Crippen molar-refractivity contribution >= 4 is 17.7 Å². The molecule has 3 rings (SSSR count). The zero-order valence-electron chi connectivity index (χ0n) is 14.7. The van der Waals surface area contributed by atoms with Crippen LogP contribution in [0.5, 0.6) is 0 Å². The van der Waals surface area contributed by atoms with Crippen LogP contribution < -0.4 is 10.9 Å². The van der Waals surface area contributed by atoms with Crippen molar-refractivity contribution in [3.8, 4) is 5.69 Å². The van der Waals surface area contributed by atoms with Crippen LogP contribution in [0.1, 0.15) is 11.1 Å². The minimum absolute atomic E-state index is 0.0707. The maximum Gasteiger partial charge on any atom is 0.287 e. The molecule has 5 nitrogen and oxygen atoms in total. The van der Waals surface area contributed by atoms with Gasteiger partial charge in [-0.3, -0.25) is 14.2 Å². The van der Waals surface area contributed by atoms with Gasteiger partial charge in [0, 0.05) is 18.9 Å². The van der Waals surface area contributed by atoms with E-state index in [1.807, 2.05) is 31.2 Å². The van der Waals surface area contributed by atoms with E-state index in [0.717, 1.165) is 22.9 Å². The molecule has 0 radical (unpaired) electrons. The number of thioether (sulfide) groups is 1. The third-order valence-corrected chi connectivity index (χ3v) is 4.81. The molecular weight excluding hydrogens is 365 g/mol. The van der Waals surface area contributed by atoms with E-state index in [2.05, 4.69) is 10.3 Å². The van der Waals surface area contributed by atoms with Crippen molar-refractivity contribution < 1.29 is 9.18 Å². The van der Waals surface area contributed by atoms with Crippen LogP contribution in [-0.2, 0) is 11.3 Å². The van der Waals surface area contributed by atoms with E-state index >= 15 is 0 Å². The summed E-state index contributed by atoms with van der Waals surface area (Å²) in [7, 11) is 0. The van der Waals surface area contributed by atoms with Gasteiger partial charge >= 0.3 is 0 Å². The summed E-state index contributed by atoms with van der Waals surface area (Å²) in [5.74, 6) is -0.551. The molecule has 0 aliphatic rings. The Morgan fingerprint density at radius 3 is 2.74 bits per heavy atom. The molecule has 0 bridgehead atoms. The second-order valence-electron chi connectivity index (χ2n) is 5.94. The number of rotatable bonds is 6. The molecule has 3 aromatic rings. The summed E-state index contributed by atoms with van der Waals surface area (Å²) >= 11 is 1.06. The number of hydrogen-bond donors (Lipinski definition) is 1. The molecule has 0 saturated heterocycles. The van der Waals surface area contributed by atoms with Gasteiger partial charge in [-0.1, -0.05) is 47.7 Å². The fraction of sp³-hybridized carbons (Fsp3) is 0.150. The topological polar surface area (TPSA) is 64.0 Å². The highest BCUT2D eigenvalue weighted by molar-refractivity contribution is 7.99. The lowest BCUT2D eigenvalue weighted by atomic mass is 10.1. The Morgan fingerprint density at radius 2 is 2.00 bits per heavy atom. The molecule has 27 heavy (non-hydrogen) atoms. The molecular formula is C20H18FN3O2S. The number of carbonyl (C=O) groups excluding carboxylic acids is 1. The molecule has 1 heterocycles. The van der Waals surface area contributed by atoms with Crippen molar-refractivity contribution in [2.75, 3.05) is 5.75 Å². The number of hydrogen-bond acceptors (Lipinski definition) is 4. The highest BCUT2D eigenvalue weighted by Gasteiger charge is 2.10. The fourth-order valence-electron chi connectivity index (χ4n) is 2.41. The molecule has 0 spiro atoms. The molecule has 1 N–H and O–H groups in total. The van der Waals surface area contributed by atoms with Gasteiger partial charge in [0.2, 0.25) is 5.91 Å². The van der Waals surface area contributed by atoms with Crippen molar-refractivity contribution in [3.63, 3.8) is 0 Å². The zero-order valence-corrected chi connectivity index (χ0v) is 15.5. The zero-order chi connectivity index (χ0) is 19.2. The second kappa shape index (κ2) is 8.64. The van der Waals surface area contributed by atoms with E-state index in [1.54, 1.807) is 6.07 Å². The number of halogens is 1. The van der Waals surface area contributed by atoms with Crippen LogP contribution in [-0.4, -0.2) is 21.2 Å². The summed E-state index contributed by atoms with van der Waals surface area (Å²) in [5, 5.41) is 3.00. The van der Waals surface area contributed by atoms with E-state index in [-0.39, 0.29) is 22.2 Å². The van der Waals surface area contributed by atoms with E-state index in [4.69, 9.17) is 0 Å². The Bertz CT molecular complexity index is 1000. The van der Waals surface area contributed by atoms with Crippen LogP contribution in [0.3, 0.4) is 0 Å². The molecule has 0 aliphatic carbocycles. The molecule has 2 aromatic carbocycles. The Kier molecular flexibility index (Phi) is 6.03. The average molecular weight is 383 g/mol. The van der Waals surface area contributed by atoms with E-state index in [0.29, 0.717) is 12.2 Å². The van der Waals surface area contributed by atoms with Crippen LogP contribution in [0.15, 0.2) is 70.7 Å². The van der Waals surface area contributed by atoms with Crippen LogP contribution in [0.25, 0.3) is 5.69 Å². The van der Waals surface area contributed by atoms with Gasteiger partial charge in [0.25, 0.3) is 5.56 Å². The Labute approximate surface area is 160 Å². The number of aryl methyl sites for hydroxylation is 1. The number of aromatic nitrogens is 2. The fourth-order valence-corrected chi connectivity index (χ4v) is 3.14. The van der Waals surface area contributed by atoms with Gasteiger partial charge in [-0.2, -0.15) is 0 Å². The average Bonchev–Trinajstić information content (AvgIpc) is 2.67. The maximum absolute atomic E-state index is 13.4. The van der Waals surface area contributed by atoms with Gasteiger partial charge < -0.3 is 5.32 Å². The largest absolute Gasteiger partial charge is 0.351 e.